The number of nitrogens with zero attached hydrogens (tertiary/aromatic N) is 5. The summed E-state index contributed by atoms with van der Waals surface area (Å²) in [6, 6.07) is 11.2. The minimum atomic E-state index is -1.72. The zero-order valence-corrected chi connectivity index (χ0v) is 19.1. The standard InChI is InChI=1S/C25H22F2N6O3/c26-19-6-2-17(3-7-19)25(18-4-8-20(27)9-5-18)22(35)33(24(36)30-25)16-21(34)31-12-14-32(15-13-31)23-28-10-1-11-29-23/h1-11H,12-16H2,(H,30,36). The van der Waals surface area contributed by atoms with E-state index in [2.05, 4.69) is 15.3 Å². The second-order valence-electron chi connectivity index (χ2n) is 8.50. The lowest BCUT2D eigenvalue weighted by Crippen LogP contribution is -2.52. The fraction of sp³-hybridized carbons (Fsp3) is 0.240. The number of hydrogen-bond donors (Lipinski definition) is 1. The average Bonchev–Trinajstić information content (AvgIpc) is 3.15. The van der Waals surface area contributed by atoms with Gasteiger partial charge in [0.05, 0.1) is 0 Å². The van der Waals surface area contributed by atoms with Gasteiger partial charge in [0, 0.05) is 38.6 Å². The Morgan fingerprint density at radius 3 is 1.92 bits per heavy atom. The summed E-state index contributed by atoms with van der Waals surface area (Å²) in [5.74, 6) is -1.55. The van der Waals surface area contributed by atoms with E-state index >= 15 is 0 Å². The summed E-state index contributed by atoms with van der Waals surface area (Å²) < 4.78 is 27.2. The first kappa shape index (κ1) is 23.3. The van der Waals surface area contributed by atoms with Gasteiger partial charge in [0.1, 0.15) is 18.2 Å². The summed E-state index contributed by atoms with van der Waals surface area (Å²) in [7, 11) is 0. The maximum atomic E-state index is 13.7. The quantitative estimate of drug-likeness (QED) is 0.547. The molecule has 3 heterocycles. The Labute approximate surface area is 205 Å². The molecule has 0 bridgehead atoms. The van der Waals surface area contributed by atoms with Crippen molar-refractivity contribution in [3.05, 3.63) is 89.8 Å². The second kappa shape index (κ2) is 9.33. The van der Waals surface area contributed by atoms with Crippen molar-refractivity contribution >= 4 is 23.8 Å². The molecule has 0 atom stereocenters. The molecule has 5 rings (SSSR count). The predicted molar refractivity (Wildman–Crippen MR) is 125 cm³/mol. The monoisotopic (exact) mass is 492 g/mol. The van der Waals surface area contributed by atoms with Gasteiger partial charge in [-0.15, -0.1) is 0 Å². The Kier molecular flexibility index (Phi) is 6.05. The normalized spacial score (nSPS) is 17.3. The Hall–Kier alpha value is -4.41. The molecule has 0 aliphatic carbocycles. The summed E-state index contributed by atoms with van der Waals surface area (Å²) in [5, 5.41) is 2.67. The van der Waals surface area contributed by atoms with E-state index in [0.29, 0.717) is 43.3 Å². The van der Waals surface area contributed by atoms with Crippen LogP contribution in [0.1, 0.15) is 11.1 Å². The van der Waals surface area contributed by atoms with Crippen molar-refractivity contribution in [2.75, 3.05) is 37.6 Å². The molecule has 36 heavy (non-hydrogen) atoms. The minimum Gasteiger partial charge on any atom is -0.338 e. The fourth-order valence-corrected chi connectivity index (χ4v) is 4.52. The van der Waals surface area contributed by atoms with Crippen LogP contribution >= 0.6 is 0 Å². The van der Waals surface area contributed by atoms with Crippen molar-refractivity contribution in [1.82, 2.24) is 25.1 Å². The number of anilines is 1. The third-order valence-electron chi connectivity index (χ3n) is 6.42. The number of benzene rings is 2. The van der Waals surface area contributed by atoms with Gasteiger partial charge in [-0.2, -0.15) is 0 Å². The first-order valence-electron chi connectivity index (χ1n) is 11.3. The van der Waals surface area contributed by atoms with Gasteiger partial charge in [-0.25, -0.2) is 23.5 Å². The summed E-state index contributed by atoms with van der Waals surface area (Å²) in [6.45, 7) is 1.30. The highest BCUT2D eigenvalue weighted by Gasteiger charge is 2.54. The Morgan fingerprint density at radius 1 is 0.861 bits per heavy atom. The third-order valence-corrected chi connectivity index (χ3v) is 6.42. The SMILES string of the molecule is O=C(CN1C(=O)NC(c2ccc(F)cc2)(c2ccc(F)cc2)C1=O)N1CCN(c2ncccn2)CC1. The molecule has 2 aromatic carbocycles. The van der Waals surface area contributed by atoms with Crippen molar-refractivity contribution in [2.24, 2.45) is 0 Å². The van der Waals surface area contributed by atoms with Crippen LogP contribution in [0.2, 0.25) is 0 Å². The van der Waals surface area contributed by atoms with E-state index in [1.807, 2.05) is 4.90 Å². The van der Waals surface area contributed by atoms with E-state index in [4.69, 9.17) is 0 Å². The van der Waals surface area contributed by atoms with E-state index in [0.717, 1.165) is 4.90 Å². The highest BCUT2D eigenvalue weighted by molar-refractivity contribution is 6.11. The zero-order chi connectivity index (χ0) is 25.3. The van der Waals surface area contributed by atoms with Gasteiger partial charge in [-0.3, -0.25) is 14.5 Å². The molecule has 1 N–H and O–H groups in total. The lowest BCUT2D eigenvalue weighted by Gasteiger charge is -2.35. The van der Waals surface area contributed by atoms with Crippen LogP contribution in [0.15, 0.2) is 67.0 Å². The maximum absolute atomic E-state index is 13.7. The fourth-order valence-electron chi connectivity index (χ4n) is 4.52. The molecule has 0 radical (unpaired) electrons. The second-order valence-corrected chi connectivity index (χ2v) is 8.50. The topological polar surface area (TPSA) is 98.7 Å². The molecule has 184 valence electrons. The molecule has 11 heteroatoms. The molecule has 1 aromatic heterocycles. The van der Waals surface area contributed by atoms with Crippen LogP contribution in [0.3, 0.4) is 0 Å². The van der Waals surface area contributed by atoms with Crippen LogP contribution in [0.25, 0.3) is 0 Å². The Morgan fingerprint density at radius 2 is 1.39 bits per heavy atom. The van der Waals surface area contributed by atoms with Crippen LogP contribution in [0.4, 0.5) is 19.5 Å². The number of nitrogens with one attached hydrogen (secondary N) is 1. The van der Waals surface area contributed by atoms with Crippen molar-refractivity contribution in [3.8, 4) is 0 Å². The molecule has 2 aliphatic heterocycles. The van der Waals surface area contributed by atoms with Gasteiger partial charge in [0.2, 0.25) is 11.9 Å². The molecular weight excluding hydrogens is 470 g/mol. The smallest absolute Gasteiger partial charge is 0.326 e. The number of amides is 4. The van der Waals surface area contributed by atoms with E-state index in [1.54, 1.807) is 23.4 Å². The summed E-state index contributed by atoms with van der Waals surface area (Å²) in [5.41, 5.74) is -1.14. The van der Waals surface area contributed by atoms with Crippen LogP contribution in [0, 0.1) is 11.6 Å². The molecule has 2 saturated heterocycles. The van der Waals surface area contributed by atoms with Crippen molar-refractivity contribution in [2.45, 2.75) is 5.54 Å². The van der Waals surface area contributed by atoms with E-state index in [-0.39, 0.29) is 5.91 Å². The zero-order valence-electron chi connectivity index (χ0n) is 19.1. The molecule has 4 amide bonds. The first-order chi connectivity index (χ1) is 17.4. The summed E-state index contributed by atoms with van der Waals surface area (Å²) >= 11 is 0. The van der Waals surface area contributed by atoms with E-state index < -0.39 is 35.7 Å². The van der Waals surface area contributed by atoms with Gasteiger partial charge in [-0.05, 0) is 41.5 Å². The van der Waals surface area contributed by atoms with Gasteiger partial charge in [0.15, 0.2) is 5.54 Å². The number of aromatic nitrogens is 2. The van der Waals surface area contributed by atoms with Crippen LogP contribution < -0.4 is 10.2 Å². The number of carbonyl (C=O) groups is 3. The molecule has 0 saturated carbocycles. The maximum Gasteiger partial charge on any atom is 0.326 e. The number of halogens is 2. The highest BCUT2D eigenvalue weighted by Crippen LogP contribution is 2.36. The number of carbonyl (C=O) groups excluding carboxylic acids is 3. The molecule has 3 aromatic rings. The highest BCUT2D eigenvalue weighted by atomic mass is 19.1. The Bertz CT molecular complexity index is 1230. The molecule has 0 unspecified atom stereocenters. The van der Waals surface area contributed by atoms with E-state index in [1.165, 1.54) is 48.5 Å². The Balaban J connectivity index is 1.36. The summed E-state index contributed by atoms with van der Waals surface area (Å²) in [4.78, 5) is 52.6. The van der Waals surface area contributed by atoms with Gasteiger partial charge < -0.3 is 15.1 Å². The van der Waals surface area contributed by atoms with E-state index in [9.17, 15) is 23.2 Å². The predicted octanol–water partition coefficient (Wildman–Crippen LogP) is 1.90. The van der Waals surface area contributed by atoms with Crippen LogP contribution in [-0.4, -0.2) is 70.3 Å². The van der Waals surface area contributed by atoms with Crippen molar-refractivity contribution < 1.29 is 23.2 Å². The van der Waals surface area contributed by atoms with Gasteiger partial charge in [-0.1, -0.05) is 24.3 Å². The number of imide groups is 1. The molecular formula is C25H22F2N6O3. The largest absolute Gasteiger partial charge is 0.338 e. The summed E-state index contributed by atoms with van der Waals surface area (Å²) in [6.07, 6.45) is 3.29. The lowest BCUT2D eigenvalue weighted by molar-refractivity contribution is -0.138. The van der Waals surface area contributed by atoms with Crippen molar-refractivity contribution in [1.29, 1.82) is 0 Å². The number of urea groups is 1. The molecule has 0 spiro atoms. The van der Waals surface area contributed by atoms with Gasteiger partial charge >= 0.3 is 6.03 Å². The number of rotatable bonds is 5. The molecule has 9 nitrogen and oxygen atoms in total. The van der Waals surface area contributed by atoms with Crippen LogP contribution in [-0.2, 0) is 15.1 Å². The first-order valence-corrected chi connectivity index (χ1v) is 11.3. The minimum absolute atomic E-state index is 0.292. The number of piperazine rings is 1. The van der Waals surface area contributed by atoms with Crippen molar-refractivity contribution in [3.63, 3.8) is 0 Å². The number of hydrogen-bond acceptors (Lipinski definition) is 6. The molecule has 2 aliphatic rings. The third kappa shape index (κ3) is 4.12. The average molecular weight is 492 g/mol. The van der Waals surface area contributed by atoms with Crippen LogP contribution in [0.5, 0.6) is 0 Å². The molecule has 2 fully saturated rings. The lowest BCUT2D eigenvalue weighted by atomic mass is 9.82. The van der Waals surface area contributed by atoms with Gasteiger partial charge in [0.25, 0.3) is 5.91 Å².